The molecular formula is C16H17N5OS. The molecule has 0 N–H and O–H groups in total. The predicted molar refractivity (Wildman–Crippen MR) is 88.0 cm³/mol. The monoisotopic (exact) mass is 327 g/mol. The molecule has 0 saturated heterocycles. The molecule has 1 aliphatic heterocycles. The molecule has 1 unspecified atom stereocenters. The van der Waals surface area contributed by atoms with Crippen molar-refractivity contribution in [3.63, 3.8) is 0 Å². The van der Waals surface area contributed by atoms with E-state index in [9.17, 15) is 0 Å². The summed E-state index contributed by atoms with van der Waals surface area (Å²) in [4.78, 5) is 14.5. The first-order chi connectivity index (χ1) is 11.2. The van der Waals surface area contributed by atoms with E-state index in [2.05, 4.69) is 31.6 Å². The van der Waals surface area contributed by atoms with Crippen LogP contribution in [0, 0.1) is 5.92 Å². The van der Waals surface area contributed by atoms with Crippen LogP contribution in [-0.2, 0) is 13.0 Å². The molecule has 1 atom stereocenters. The Morgan fingerprint density at radius 3 is 2.96 bits per heavy atom. The maximum absolute atomic E-state index is 5.45. The zero-order chi connectivity index (χ0) is 15.8. The van der Waals surface area contributed by atoms with Gasteiger partial charge in [-0.2, -0.15) is 4.98 Å². The van der Waals surface area contributed by atoms with Crippen LogP contribution in [0.3, 0.4) is 0 Å². The largest absolute Gasteiger partial charge is 0.332 e. The lowest BCUT2D eigenvalue weighted by Gasteiger charge is -2.21. The molecule has 118 valence electrons. The van der Waals surface area contributed by atoms with E-state index in [1.807, 2.05) is 30.8 Å². The van der Waals surface area contributed by atoms with Gasteiger partial charge in [0.25, 0.3) is 5.89 Å². The standard InChI is InChI=1S/C16H17N5OS/c1-10-3-6-14-18-8-13(21(14)9-10)16-19-15(20-22-16)12-5-4-11(23-2)7-17-12/h4-5,7-8,10H,3,6,9H2,1-2H3. The normalized spacial score (nSPS) is 17.2. The van der Waals surface area contributed by atoms with Gasteiger partial charge in [-0.15, -0.1) is 11.8 Å². The molecule has 0 spiro atoms. The summed E-state index contributed by atoms with van der Waals surface area (Å²) in [7, 11) is 0. The van der Waals surface area contributed by atoms with Crippen LogP contribution >= 0.6 is 11.8 Å². The zero-order valence-corrected chi connectivity index (χ0v) is 13.9. The van der Waals surface area contributed by atoms with Gasteiger partial charge in [0.2, 0.25) is 5.82 Å². The summed E-state index contributed by atoms with van der Waals surface area (Å²) in [5.41, 5.74) is 1.61. The van der Waals surface area contributed by atoms with Crippen LogP contribution in [-0.4, -0.2) is 30.9 Å². The van der Waals surface area contributed by atoms with Crippen LogP contribution in [0.2, 0.25) is 0 Å². The molecule has 6 nitrogen and oxygen atoms in total. The Bertz CT molecular complexity index is 823. The molecule has 3 aromatic heterocycles. The van der Waals surface area contributed by atoms with Gasteiger partial charge in [0.05, 0.1) is 6.20 Å². The maximum Gasteiger partial charge on any atom is 0.276 e. The van der Waals surface area contributed by atoms with E-state index in [1.54, 1.807) is 11.8 Å². The first kappa shape index (κ1) is 14.4. The molecule has 0 fully saturated rings. The van der Waals surface area contributed by atoms with Crippen molar-refractivity contribution in [2.24, 2.45) is 5.92 Å². The van der Waals surface area contributed by atoms with E-state index in [0.29, 0.717) is 23.3 Å². The summed E-state index contributed by atoms with van der Waals surface area (Å²) >= 11 is 1.65. The van der Waals surface area contributed by atoms with E-state index >= 15 is 0 Å². The van der Waals surface area contributed by atoms with Crippen molar-refractivity contribution in [1.82, 2.24) is 24.7 Å². The van der Waals surface area contributed by atoms with Gasteiger partial charge in [-0.1, -0.05) is 12.1 Å². The Labute approximate surface area is 138 Å². The number of nitrogens with zero attached hydrogens (tertiary/aromatic N) is 5. The minimum absolute atomic E-state index is 0.503. The molecule has 0 radical (unpaired) electrons. The molecule has 0 amide bonds. The van der Waals surface area contributed by atoms with Gasteiger partial charge in [-0.25, -0.2) is 4.98 Å². The van der Waals surface area contributed by atoms with Crippen molar-refractivity contribution in [3.8, 4) is 23.1 Å². The summed E-state index contributed by atoms with van der Waals surface area (Å²) in [6.45, 7) is 3.20. The quantitative estimate of drug-likeness (QED) is 0.688. The summed E-state index contributed by atoms with van der Waals surface area (Å²) < 4.78 is 7.64. The number of fused-ring (bicyclic) bond motifs is 1. The highest BCUT2D eigenvalue weighted by atomic mass is 32.2. The molecule has 0 saturated carbocycles. The highest BCUT2D eigenvalue weighted by molar-refractivity contribution is 7.98. The summed E-state index contributed by atoms with van der Waals surface area (Å²) in [6.07, 6.45) is 7.84. The number of hydrogen-bond acceptors (Lipinski definition) is 6. The van der Waals surface area contributed by atoms with Crippen LogP contribution in [0.4, 0.5) is 0 Å². The Morgan fingerprint density at radius 1 is 1.26 bits per heavy atom. The van der Waals surface area contributed by atoms with Crippen molar-refractivity contribution in [3.05, 3.63) is 30.4 Å². The van der Waals surface area contributed by atoms with E-state index < -0.39 is 0 Å². The molecule has 4 heterocycles. The van der Waals surface area contributed by atoms with Gasteiger partial charge in [0.1, 0.15) is 17.2 Å². The smallest absolute Gasteiger partial charge is 0.276 e. The van der Waals surface area contributed by atoms with Crippen molar-refractivity contribution in [2.45, 2.75) is 31.2 Å². The molecule has 0 bridgehead atoms. The predicted octanol–water partition coefficient (Wildman–Crippen LogP) is 3.30. The number of imidazole rings is 1. The van der Waals surface area contributed by atoms with Gasteiger partial charge < -0.3 is 9.09 Å². The van der Waals surface area contributed by atoms with Crippen LogP contribution in [0.1, 0.15) is 19.2 Å². The Hall–Kier alpha value is -2.15. The lowest BCUT2D eigenvalue weighted by atomic mass is 10.0. The Kier molecular flexibility index (Phi) is 3.65. The number of aryl methyl sites for hydroxylation is 1. The Balaban J connectivity index is 1.67. The number of hydrogen-bond donors (Lipinski definition) is 0. The third-order valence-electron chi connectivity index (χ3n) is 4.14. The van der Waals surface area contributed by atoms with Gasteiger partial charge in [0, 0.05) is 24.1 Å². The number of pyridine rings is 1. The van der Waals surface area contributed by atoms with E-state index in [4.69, 9.17) is 4.52 Å². The van der Waals surface area contributed by atoms with E-state index in [0.717, 1.165) is 29.4 Å². The second-order valence-corrected chi connectivity index (χ2v) is 6.70. The van der Waals surface area contributed by atoms with Crippen LogP contribution in [0.5, 0.6) is 0 Å². The average Bonchev–Trinajstić information content (AvgIpc) is 3.21. The van der Waals surface area contributed by atoms with E-state index in [-0.39, 0.29) is 0 Å². The van der Waals surface area contributed by atoms with Gasteiger partial charge in [0.15, 0.2) is 0 Å². The lowest BCUT2D eigenvalue weighted by Crippen LogP contribution is -2.18. The first-order valence-electron chi connectivity index (χ1n) is 7.63. The number of thioether (sulfide) groups is 1. The van der Waals surface area contributed by atoms with Crippen molar-refractivity contribution < 1.29 is 4.52 Å². The van der Waals surface area contributed by atoms with Gasteiger partial charge in [-0.3, -0.25) is 4.98 Å². The fourth-order valence-corrected chi connectivity index (χ4v) is 3.19. The lowest BCUT2D eigenvalue weighted by molar-refractivity contribution is 0.386. The summed E-state index contributed by atoms with van der Waals surface area (Å²) in [5, 5.41) is 4.07. The molecular weight excluding hydrogens is 310 g/mol. The average molecular weight is 327 g/mol. The minimum atomic E-state index is 0.503. The highest BCUT2D eigenvalue weighted by Gasteiger charge is 2.22. The fraction of sp³-hybridized carbons (Fsp3) is 0.375. The summed E-state index contributed by atoms with van der Waals surface area (Å²) in [6, 6.07) is 3.92. The highest BCUT2D eigenvalue weighted by Crippen LogP contribution is 2.27. The molecule has 3 aromatic rings. The molecule has 1 aliphatic rings. The van der Waals surface area contributed by atoms with Crippen molar-refractivity contribution in [1.29, 1.82) is 0 Å². The zero-order valence-electron chi connectivity index (χ0n) is 13.1. The Morgan fingerprint density at radius 2 is 2.17 bits per heavy atom. The third kappa shape index (κ3) is 2.65. The molecule has 23 heavy (non-hydrogen) atoms. The van der Waals surface area contributed by atoms with Crippen molar-refractivity contribution >= 4 is 11.8 Å². The van der Waals surface area contributed by atoms with Crippen LogP contribution in [0.15, 0.2) is 33.9 Å². The maximum atomic E-state index is 5.45. The van der Waals surface area contributed by atoms with Gasteiger partial charge in [-0.05, 0) is 30.7 Å². The number of rotatable bonds is 3. The fourth-order valence-electron chi connectivity index (χ4n) is 2.83. The van der Waals surface area contributed by atoms with Crippen LogP contribution < -0.4 is 0 Å². The summed E-state index contributed by atoms with van der Waals surface area (Å²) in [5.74, 6) is 2.74. The third-order valence-corrected chi connectivity index (χ3v) is 4.85. The minimum Gasteiger partial charge on any atom is -0.332 e. The van der Waals surface area contributed by atoms with Crippen LogP contribution in [0.25, 0.3) is 23.1 Å². The number of aromatic nitrogens is 5. The second kappa shape index (κ2) is 5.81. The molecule has 0 aliphatic carbocycles. The SMILES string of the molecule is CSc1ccc(-c2noc(-c3cnc4n3CC(C)CC4)n2)nc1. The molecule has 0 aromatic carbocycles. The van der Waals surface area contributed by atoms with E-state index in [1.165, 1.54) is 6.42 Å². The first-order valence-corrected chi connectivity index (χ1v) is 8.86. The second-order valence-electron chi connectivity index (χ2n) is 5.82. The topological polar surface area (TPSA) is 69.6 Å². The van der Waals surface area contributed by atoms with Crippen molar-refractivity contribution in [2.75, 3.05) is 6.26 Å². The molecule has 7 heteroatoms. The van der Waals surface area contributed by atoms with Gasteiger partial charge >= 0.3 is 0 Å². The molecule has 4 rings (SSSR count).